The molecule has 0 aliphatic carbocycles. The predicted molar refractivity (Wildman–Crippen MR) is 132 cm³/mol. The first-order chi connectivity index (χ1) is 14.7. The van der Waals surface area contributed by atoms with Crippen LogP contribution in [0.25, 0.3) is 0 Å². The molecular weight excluding hydrogens is 510 g/mol. The summed E-state index contributed by atoms with van der Waals surface area (Å²) in [7, 11) is 1.79. The molecule has 1 aromatic heterocycles. The van der Waals surface area contributed by atoms with Crippen molar-refractivity contribution in [2.24, 2.45) is 10.9 Å². The molecule has 6 nitrogen and oxygen atoms in total. The molecule has 0 radical (unpaired) electrons. The number of hydrogen-bond donors (Lipinski definition) is 2. The second kappa shape index (κ2) is 14.4. The number of hydrogen-bond acceptors (Lipinski definition) is 4. The zero-order chi connectivity index (χ0) is 21.0. The molecule has 31 heavy (non-hydrogen) atoms. The van der Waals surface area contributed by atoms with Gasteiger partial charge < -0.3 is 19.8 Å². The van der Waals surface area contributed by atoms with Crippen molar-refractivity contribution in [1.29, 1.82) is 0 Å². The van der Waals surface area contributed by atoms with E-state index in [1.165, 1.54) is 6.07 Å². The standard InChI is InChI=1S/C23H33FN4O2.HI/c1-25-23(26-11-5-14-29-18-21-7-4-15-30-21)27-16-19-9-12-28(13-10-19)17-20-6-2-3-8-22(20)24;/h2-4,6-8,15,19H,5,9-14,16-18H2,1H3,(H2,25,26,27);1H. The Morgan fingerprint density at radius 3 is 2.71 bits per heavy atom. The number of likely N-dealkylation sites (tertiary alicyclic amines) is 1. The van der Waals surface area contributed by atoms with Gasteiger partial charge in [-0.1, -0.05) is 18.2 Å². The molecule has 0 unspecified atom stereocenters. The summed E-state index contributed by atoms with van der Waals surface area (Å²) in [5.74, 6) is 2.18. The highest BCUT2D eigenvalue weighted by molar-refractivity contribution is 14.0. The van der Waals surface area contributed by atoms with Crippen LogP contribution in [-0.2, 0) is 17.9 Å². The van der Waals surface area contributed by atoms with Crippen molar-refractivity contribution in [1.82, 2.24) is 15.5 Å². The van der Waals surface area contributed by atoms with Gasteiger partial charge in [-0.05, 0) is 56.5 Å². The summed E-state index contributed by atoms with van der Waals surface area (Å²) >= 11 is 0. The normalized spacial score (nSPS) is 15.5. The van der Waals surface area contributed by atoms with Crippen LogP contribution in [0.1, 0.15) is 30.6 Å². The summed E-state index contributed by atoms with van der Waals surface area (Å²) in [6.07, 6.45) is 4.77. The Balaban J connectivity index is 0.00000341. The quantitative estimate of drug-likeness (QED) is 0.205. The Kier molecular flexibility index (Phi) is 11.9. The van der Waals surface area contributed by atoms with Crippen molar-refractivity contribution < 1.29 is 13.5 Å². The van der Waals surface area contributed by atoms with Gasteiger partial charge in [0.15, 0.2) is 5.96 Å². The number of nitrogens with zero attached hydrogens (tertiary/aromatic N) is 2. The molecule has 2 heterocycles. The van der Waals surface area contributed by atoms with Gasteiger partial charge in [0.1, 0.15) is 18.2 Å². The third-order valence-electron chi connectivity index (χ3n) is 5.42. The number of ether oxygens (including phenoxy) is 1. The van der Waals surface area contributed by atoms with Crippen molar-refractivity contribution in [3.63, 3.8) is 0 Å². The van der Waals surface area contributed by atoms with E-state index in [9.17, 15) is 4.39 Å². The van der Waals surface area contributed by atoms with E-state index in [1.54, 1.807) is 19.4 Å². The number of nitrogens with one attached hydrogen (secondary N) is 2. The third-order valence-corrected chi connectivity index (χ3v) is 5.42. The van der Waals surface area contributed by atoms with Crippen molar-refractivity contribution >= 4 is 29.9 Å². The molecule has 3 rings (SSSR count). The minimum atomic E-state index is -0.109. The molecule has 1 aromatic carbocycles. The summed E-state index contributed by atoms with van der Waals surface area (Å²) in [6, 6.07) is 10.8. The van der Waals surface area contributed by atoms with E-state index in [1.807, 2.05) is 24.3 Å². The smallest absolute Gasteiger partial charge is 0.190 e. The average molecular weight is 544 g/mol. The molecule has 1 aliphatic rings. The van der Waals surface area contributed by atoms with Gasteiger partial charge in [0.25, 0.3) is 0 Å². The lowest BCUT2D eigenvalue weighted by atomic mass is 9.96. The van der Waals surface area contributed by atoms with Crippen molar-refractivity contribution in [2.45, 2.75) is 32.4 Å². The maximum atomic E-state index is 13.8. The molecule has 0 spiro atoms. The number of halogens is 2. The molecule has 0 saturated carbocycles. The number of rotatable bonds is 10. The van der Waals surface area contributed by atoms with Gasteiger partial charge in [-0.2, -0.15) is 0 Å². The third kappa shape index (κ3) is 9.16. The van der Waals surface area contributed by atoms with E-state index >= 15 is 0 Å². The van der Waals surface area contributed by atoms with E-state index in [2.05, 4.69) is 20.5 Å². The fourth-order valence-electron chi connectivity index (χ4n) is 3.63. The number of piperidine rings is 1. The number of furan rings is 1. The van der Waals surface area contributed by atoms with Gasteiger partial charge >= 0.3 is 0 Å². The van der Waals surface area contributed by atoms with Crippen LogP contribution in [0.4, 0.5) is 4.39 Å². The van der Waals surface area contributed by atoms with Gasteiger partial charge in [0.05, 0.1) is 6.26 Å². The van der Waals surface area contributed by atoms with Crippen LogP contribution in [-0.4, -0.2) is 50.7 Å². The molecule has 2 N–H and O–H groups in total. The van der Waals surface area contributed by atoms with E-state index in [0.717, 1.165) is 62.7 Å². The Morgan fingerprint density at radius 2 is 2.00 bits per heavy atom. The zero-order valence-corrected chi connectivity index (χ0v) is 20.5. The molecule has 0 bridgehead atoms. The predicted octanol–water partition coefficient (Wildman–Crippen LogP) is 4.02. The van der Waals surface area contributed by atoms with Gasteiger partial charge in [-0.25, -0.2) is 4.39 Å². The van der Waals surface area contributed by atoms with Crippen LogP contribution < -0.4 is 10.6 Å². The lowest BCUT2D eigenvalue weighted by Gasteiger charge is -2.32. The summed E-state index contributed by atoms with van der Waals surface area (Å²) in [6.45, 7) is 5.58. The Labute approximate surface area is 201 Å². The summed E-state index contributed by atoms with van der Waals surface area (Å²) in [5.41, 5.74) is 0.784. The second-order valence-corrected chi connectivity index (χ2v) is 7.68. The van der Waals surface area contributed by atoms with Crippen LogP contribution in [0.15, 0.2) is 52.1 Å². The Hall–Kier alpha value is -1.65. The highest BCUT2D eigenvalue weighted by Gasteiger charge is 2.20. The van der Waals surface area contributed by atoms with Crippen molar-refractivity contribution in [2.75, 3.05) is 39.8 Å². The number of benzene rings is 1. The summed E-state index contributed by atoms with van der Waals surface area (Å²) in [5, 5.41) is 6.76. The first-order valence-electron chi connectivity index (χ1n) is 10.7. The monoisotopic (exact) mass is 544 g/mol. The first kappa shape index (κ1) is 25.6. The fraction of sp³-hybridized carbons (Fsp3) is 0.522. The largest absolute Gasteiger partial charge is 0.467 e. The van der Waals surface area contributed by atoms with Crippen molar-refractivity contribution in [3.8, 4) is 0 Å². The Morgan fingerprint density at radius 1 is 1.19 bits per heavy atom. The average Bonchev–Trinajstić information content (AvgIpc) is 3.29. The molecule has 0 atom stereocenters. The minimum Gasteiger partial charge on any atom is -0.467 e. The highest BCUT2D eigenvalue weighted by Crippen LogP contribution is 2.19. The molecule has 1 saturated heterocycles. The topological polar surface area (TPSA) is 62.0 Å². The first-order valence-corrected chi connectivity index (χ1v) is 10.7. The summed E-state index contributed by atoms with van der Waals surface area (Å²) < 4.78 is 24.7. The van der Waals surface area contributed by atoms with Crippen LogP contribution in [0, 0.1) is 11.7 Å². The van der Waals surface area contributed by atoms with E-state index in [0.29, 0.717) is 25.7 Å². The molecule has 172 valence electrons. The van der Waals surface area contributed by atoms with Gasteiger partial charge in [-0.3, -0.25) is 9.89 Å². The fourth-order valence-corrected chi connectivity index (χ4v) is 3.63. The maximum absolute atomic E-state index is 13.8. The van der Waals surface area contributed by atoms with E-state index in [-0.39, 0.29) is 29.8 Å². The Bertz CT molecular complexity index is 765. The minimum absolute atomic E-state index is 0. The molecule has 1 fully saturated rings. The maximum Gasteiger partial charge on any atom is 0.190 e. The molecule has 0 amide bonds. The second-order valence-electron chi connectivity index (χ2n) is 7.68. The van der Waals surface area contributed by atoms with E-state index in [4.69, 9.17) is 9.15 Å². The van der Waals surface area contributed by atoms with Crippen LogP contribution in [0.3, 0.4) is 0 Å². The van der Waals surface area contributed by atoms with Crippen LogP contribution >= 0.6 is 24.0 Å². The molecule has 8 heteroatoms. The zero-order valence-electron chi connectivity index (χ0n) is 18.2. The highest BCUT2D eigenvalue weighted by atomic mass is 127. The summed E-state index contributed by atoms with van der Waals surface area (Å²) in [4.78, 5) is 6.64. The van der Waals surface area contributed by atoms with Gasteiger partial charge in [0, 0.05) is 38.9 Å². The number of aliphatic imine (C=N–C) groups is 1. The molecule has 1 aliphatic heterocycles. The van der Waals surface area contributed by atoms with Crippen molar-refractivity contribution in [3.05, 3.63) is 59.8 Å². The lowest BCUT2D eigenvalue weighted by molar-refractivity contribution is 0.105. The lowest BCUT2D eigenvalue weighted by Crippen LogP contribution is -2.43. The SMILES string of the molecule is CN=C(NCCCOCc1ccco1)NCC1CCN(Cc2ccccc2F)CC1.I. The van der Waals surface area contributed by atoms with E-state index < -0.39 is 0 Å². The van der Waals surface area contributed by atoms with Crippen LogP contribution in [0.2, 0.25) is 0 Å². The van der Waals surface area contributed by atoms with Gasteiger partial charge in [-0.15, -0.1) is 24.0 Å². The van der Waals surface area contributed by atoms with Crippen LogP contribution in [0.5, 0.6) is 0 Å². The number of guanidine groups is 1. The van der Waals surface area contributed by atoms with Gasteiger partial charge in [0.2, 0.25) is 0 Å². The molecule has 2 aromatic rings. The molecular formula is C23H34FIN4O2.